The molecule has 2 bridgehead atoms. The second kappa shape index (κ2) is 6.68. The number of carbonyl (C=O) groups excluding carboxylic acids is 1. The van der Waals surface area contributed by atoms with Crippen LogP contribution in [-0.4, -0.2) is 34.2 Å². The first-order chi connectivity index (χ1) is 10.8. The van der Waals surface area contributed by atoms with Crippen molar-refractivity contribution in [3.05, 3.63) is 36.2 Å². The molecule has 0 aliphatic carbocycles. The maximum atomic E-state index is 12.4. The van der Waals surface area contributed by atoms with Gasteiger partial charge in [0.05, 0.1) is 0 Å². The van der Waals surface area contributed by atoms with Crippen molar-refractivity contribution in [1.82, 2.24) is 20.8 Å². The number of amides is 1. The molecule has 2 unspecified atom stereocenters. The van der Waals surface area contributed by atoms with E-state index in [1.165, 1.54) is 19.2 Å². The molecule has 0 radical (unpaired) electrons. The van der Waals surface area contributed by atoms with Crippen LogP contribution in [0.2, 0.25) is 0 Å². The number of fused-ring (bicyclic) bond motifs is 2. The van der Waals surface area contributed by atoms with Crippen molar-refractivity contribution in [2.45, 2.75) is 43.8 Å². The number of piperidine rings is 1. The monoisotopic (exact) mass is 334 g/mol. The highest BCUT2D eigenvalue weighted by atomic mass is 35.5. The number of rotatable bonds is 3. The molecular weight excluding hydrogens is 316 g/mol. The Balaban J connectivity index is 0.00000156. The van der Waals surface area contributed by atoms with E-state index in [1.54, 1.807) is 12.1 Å². The first-order valence-electron chi connectivity index (χ1n) is 7.71. The molecule has 2 aromatic rings. The summed E-state index contributed by atoms with van der Waals surface area (Å²) in [6.45, 7) is 0. The summed E-state index contributed by atoms with van der Waals surface area (Å²) in [5.41, 5.74) is 1.50. The number of nitrogens with zero attached hydrogens (tertiary/aromatic N) is 2. The maximum absolute atomic E-state index is 12.4. The molecule has 1 aromatic carbocycles. The lowest BCUT2D eigenvalue weighted by Crippen LogP contribution is -2.48. The standard InChI is InChI=1S/C16H18N4O2.ClH/c21-16(19-14-7-12-5-6-13(8-14)18-12)11-3-1-10(2-4-11)15-17-9-22-20-15;/h1-4,9,12-14,18H,5-8H2,(H,19,21);1H. The fraction of sp³-hybridized carbons (Fsp3) is 0.438. The Hall–Kier alpha value is -1.92. The van der Waals surface area contributed by atoms with Crippen LogP contribution in [0, 0.1) is 0 Å². The SMILES string of the molecule is Cl.O=C(NC1CC2CCC(C1)N2)c1ccc(-c2ncon2)cc1. The van der Waals surface area contributed by atoms with Gasteiger partial charge in [-0.15, -0.1) is 12.4 Å². The molecule has 122 valence electrons. The van der Waals surface area contributed by atoms with E-state index in [9.17, 15) is 4.79 Å². The van der Waals surface area contributed by atoms with Gasteiger partial charge < -0.3 is 15.2 Å². The van der Waals surface area contributed by atoms with E-state index >= 15 is 0 Å². The lowest BCUT2D eigenvalue weighted by atomic mass is 9.99. The number of hydrogen-bond acceptors (Lipinski definition) is 5. The highest BCUT2D eigenvalue weighted by Crippen LogP contribution is 2.27. The van der Waals surface area contributed by atoms with Crippen LogP contribution >= 0.6 is 12.4 Å². The molecule has 2 aliphatic heterocycles. The summed E-state index contributed by atoms with van der Waals surface area (Å²) >= 11 is 0. The summed E-state index contributed by atoms with van der Waals surface area (Å²) in [5.74, 6) is 0.521. The average Bonchev–Trinajstić information content (AvgIpc) is 3.17. The molecule has 2 aliphatic rings. The van der Waals surface area contributed by atoms with E-state index in [-0.39, 0.29) is 24.4 Å². The van der Waals surface area contributed by atoms with Crippen molar-refractivity contribution in [2.24, 2.45) is 0 Å². The molecule has 0 spiro atoms. The summed E-state index contributed by atoms with van der Waals surface area (Å²) in [6.07, 6.45) is 5.82. The van der Waals surface area contributed by atoms with Crippen molar-refractivity contribution in [2.75, 3.05) is 0 Å². The van der Waals surface area contributed by atoms with Gasteiger partial charge in [-0.25, -0.2) is 0 Å². The summed E-state index contributed by atoms with van der Waals surface area (Å²) in [6, 6.07) is 8.71. The molecule has 7 heteroatoms. The van der Waals surface area contributed by atoms with Crippen LogP contribution in [0.5, 0.6) is 0 Å². The minimum Gasteiger partial charge on any atom is -0.349 e. The highest BCUT2D eigenvalue weighted by Gasteiger charge is 2.34. The zero-order valence-corrected chi connectivity index (χ0v) is 13.4. The van der Waals surface area contributed by atoms with E-state index in [4.69, 9.17) is 4.52 Å². The zero-order valence-electron chi connectivity index (χ0n) is 12.6. The molecule has 4 rings (SSSR count). The molecular formula is C16H19ClN4O2. The Bertz CT molecular complexity index is 647. The Morgan fingerprint density at radius 2 is 1.87 bits per heavy atom. The lowest BCUT2D eigenvalue weighted by Gasteiger charge is -2.29. The van der Waals surface area contributed by atoms with Gasteiger partial charge in [-0.3, -0.25) is 4.79 Å². The van der Waals surface area contributed by atoms with Gasteiger partial charge in [0.25, 0.3) is 5.91 Å². The lowest BCUT2D eigenvalue weighted by molar-refractivity contribution is 0.0924. The fourth-order valence-corrected chi connectivity index (χ4v) is 3.51. The van der Waals surface area contributed by atoms with Crippen molar-refractivity contribution < 1.29 is 9.32 Å². The van der Waals surface area contributed by atoms with Crippen molar-refractivity contribution in [3.8, 4) is 11.4 Å². The minimum atomic E-state index is -0.00837. The van der Waals surface area contributed by atoms with Crippen molar-refractivity contribution in [3.63, 3.8) is 0 Å². The van der Waals surface area contributed by atoms with Crippen LogP contribution in [0.4, 0.5) is 0 Å². The third-order valence-corrected chi connectivity index (χ3v) is 4.57. The van der Waals surface area contributed by atoms with E-state index in [1.807, 2.05) is 12.1 Å². The predicted octanol–water partition coefficient (Wildman–Crippen LogP) is 2.17. The highest BCUT2D eigenvalue weighted by molar-refractivity contribution is 5.94. The van der Waals surface area contributed by atoms with Crippen LogP contribution in [-0.2, 0) is 0 Å². The third kappa shape index (κ3) is 3.38. The summed E-state index contributed by atoms with van der Waals surface area (Å²) in [5, 5.41) is 10.5. The number of nitrogens with one attached hydrogen (secondary N) is 2. The third-order valence-electron chi connectivity index (χ3n) is 4.57. The van der Waals surface area contributed by atoms with Gasteiger partial charge in [0, 0.05) is 29.3 Å². The Morgan fingerprint density at radius 3 is 2.48 bits per heavy atom. The Morgan fingerprint density at radius 1 is 1.17 bits per heavy atom. The van der Waals surface area contributed by atoms with Crippen molar-refractivity contribution in [1.29, 1.82) is 0 Å². The van der Waals surface area contributed by atoms with Gasteiger partial charge in [0.2, 0.25) is 12.2 Å². The molecule has 1 amide bonds. The summed E-state index contributed by atoms with van der Waals surface area (Å²) in [7, 11) is 0. The first-order valence-corrected chi connectivity index (χ1v) is 7.71. The van der Waals surface area contributed by atoms with Crippen LogP contribution < -0.4 is 10.6 Å². The van der Waals surface area contributed by atoms with E-state index in [0.29, 0.717) is 23.5 Å². The van der Waals surface area contributed by atoms with Crippen molar-refractivity contribution >= 4 is 18.3 Å². The second-order valence-corrected chi connectivity index (χ2v) is 6.11. The zero-order chi connectivity index (χ0) is 14.9. The van der Waals surface area contributed by atoms with Gasteiger partial charge in [0.1, 0.15) is 0 Å². The Labute approximate surface area is 140 Å². The van der Waals surface area contributed by atoms with Crippen LogP contribution in [0.25, 0.3) is 11.4 Å². The van der Waals surface area contributed by atoms with Crippen LogP contribution in [0.3, 0.4) is 0 Å². The number of benzene rings is 1. The number of aromatic nitrogens is 2. The van der Waals surface area contributed by atoms with E-state index in [2.05, 4.69) is 20.8 Å². The summed E-state index contributed by atoms with van der Waals surface area (Å²) < 4.78 is 4.73. The van der Waals surface area contributed by atoms with E-state index in [0.717, 1.165) is 18.4 Å². The minimum absolute atomic E-state index is 0. The molecule has 1 aromatic heterocycles. The summed E-state index contributed by atoms with van der Waals surface area (Å²) in [4.78, 5) is 16.4. The average molecular weight is 335 g/mol. The van der Waals surface area contributed by atoms with Gasteiger partial charge in [-0.05, 0) is 37.8 Å². The van der Waals surface area contributed by atoms with Crippen LogP contribution in [0.1, 0.15) is 36.0 Å². The first kappa shape index (κ1) is 16.0. The topological polar surface area (TPSA) is 80.0 Å². The molecule has 6 nitrogen and oxygen atoms in total. The van der Waals surface area contributed by atoms with E-state index < -0.39 is 0 Å². The Kier molecular flexibility index (Phi) is 4.63. The smallest absolute Gasteiger partial charge is 0.251 e. The van der Waals surface area contributed by atoms with Gasteiger partial charge >= 0.3 is 0 Å². The van der Waals surface area contributed by atoms with Crippen LogP contribution in [0.15, 0.2) is 35.2 Å². The van der Waals surface area contributed by atoms with Gasteiger partial charge in [0.15, 0.2) is 0 Å². The number of halogens is 1. The number of carbonyl (C=O) groups is 1. The molecule has 3 heterocycles. The van der Waals surface area contributed by atoms with Gasteiger partial charge in [-0.2, -0.15) is 4.98 Å². The molecule has 2 atom stereocenters. The quantitative estimate of drug-likeness (QED) is 0.899. The normalized spacial score (nSPS) is 25.7. The molecule has 2 fully saturated rings. The van der Waals surface area contributed by atoms with Gasteiger partial charge in [-0.1, -0.05) is 17.3 Å². The fourth-order valence-electron chi connectivity index (χ4n) is 3.51. The molecule has 2 saturated heterocycles. The predicted molar refractivity (Wildman–Crippen MR) is 87.4 cm³/mol. The number of hydrogen-bond donors (Lipinski definition) is 2. The molecule has 2 N–H and O–H groups in total. The molecule has 0 saturated carbocycles. The maximum Gasteiger partial charge on any atom is 0.251 e. The largest absolute Gasteiger partial charge is 0.349 e. The second-order valence-electron chi connectivity index (χ2n) is 6.11. The molecule has 23 heavy (non-hydrogen) atoms.